The Morgan fingerprint density at radius 3 is 2.10 bits per heavy atom. The van der Waals surface area contributed by atoms with Crippen molar-refractivity contribution in [1.82, 2.24) is 4.90 Å². The summed E-state index contributed by atoms with van der Waals surface area (Å²) in [6, 6.07) is 8.69. The zero-order valence-electron chi connectivity index (χ0n) is 12.9. The van der Waals surface area contributed by atoms with Gasteiger partial charge in [-0.25, -0.2) is 0 Å². The first-order valence-electron chi connectivity index (χ1n) is 8.09. The lowest BCUT2D eigenvalue weighted by molar-refractivity contribution is -0.139. The normalized spacial score (nSPS) is 19.8. The van der Waals surface area contributed by atoms with Crippen LogP contribution in [0.3, 0.4) is 0 Å². The molecule has 21 heavy (non-hydrogen) atoms. The van der Waals surface area contributed by atoms with Crippen LogP contribution in [0.5, 0.6) is 0 Å². The molecule has 0 aliphatic heterocycles. The van der Waals surface area contributed by atoms with E-state index in [0.29, 0.717) is 18.0 Å². The Balaban J connectivity index is 1.85. The van der Waals surface area contributed by atoms with Crippen LogP contribution in [-0.4, -0.2) is 22.9 Å². The summed E-state index contributed by atoms with van der Waals surface area (Å²) in [5.74, 6) is 0.291. The summed E-state index contributed by atoms with van der Waals surface area (Å²) in [5.41, 5.74) is 0.580. The Labute approximate surface area is 132 Å². The van der Waals surface area contributed by atoms with E-state index in [9.17, 15) is 4.79 Å². The Hall–Kier alpha value is -1.02. The van der Waals surface area contributed by atoms with E-state index in [0.717, 1.165) is 10.6 Å². The van der Waals surface area contributed by atoms with Crippen molar-refractivity contribution in [2.45, 2.75) is 69.9 Å². The molecule has 2 fully saturated rings. The zero-order chi connectivity index (χ0) is 15.0. The molecule has 1 amide bonds. The maximum Gasteiger partial charge on any atom is 0.233 e. The molecule has 3 rings (SSSR count). The minimum absolute atomic E-state index is 0.291. The van der Waals surface area contributed by atoms with Gasteiger partial charge < -0.3 is 4.90 Å². The molecule has 0 aromatic heterocycles. The first kappa shape index (κ1) is 14.9. The fourth-order valence-electron chi connectivity index (χ4n) is 3.48. The van der Waals surface area contributed by atoms with E-state index < -0.39 is 5.41 Å². The highest BCUT2D eigenvalue weighted by Gasteiger charge is 2.44. The highest BCUT2D eigenvalue weighted by Crippen LogP contribution is 2.38. The molecule has 0 spiro atoms. The van der Waals surface area contributed by atoms with E-state index in [4.69, 9.17) is 11.6 Å². The number of rotatable bonds is 4. The molecule has 1 aromatic carbocycles. The van der Waals surface area contributed by atoms with E-state index in [2.05, 4.69) is 4.90 Å². The van der Waals surface area contributed by atoms with Gasteiger partial charge in [0.15, 0.2) is 0 Å². The van der Waals surface area contributed by atoms with E-state index in [1.807, 2.05) is 38.1 Å². The Bertz CT molecular complexity index is 513. The van der Waals surface area contributed by atoms with Crippen LogP contribution in [0.1, 0.15) is 57.9 Å². The zero-order valence-corrected chi connectivity index (χ0v) is 13.7. The second-order valence-electron chi connectivity index (χ2n) is 7.01. The quantitative estimate of drug-likeness (QED) is 0.799. The van der Waals surface area contributed by atoms with Gasteiger partial charge in [-0.15, -0.1) is 0 Å². The van der Waals surface area contributed by atoms with Crippen molar-refractivity contribution >= 4 is 17.5 Å². The summed E-state index contributed by atoms with van der Waals surface area (Å²) in [6.45, 7) is 4.09. The molecule has 1 aromatic rings. The van der Waals surface area contributed by atoms with E-state index in [-0.39, 0.29) is 0 Å². The first-order chi connectivity index (χ1) is 10.00. The minimum Gasteiger partial charge on any atom is -0.336 e. The van der Waals surface area contributed by atoms with Crippen LogP contribution in [0, 0.1) is 0 Å². The number of carbonyl (C=O) groups excluding carboxylic acids is 1. The largest absolute Gasteiger partial charge is 0.336 e. The summed E-state index contributed by atoms with van der Waals surface area (Å²) < 4.78 is 0. The summed E-state index contributed by atoms with van der Waals surface area (Å²) in [6.07, 6.45) is 7.25. The number of benzene rings is 1. The standard InChI is InChI=1S/C18H24ClNO/c1-18(2,13-7-9-14(19)10-8-13)17(21)20(16-11-12-16)15-5-3-4-6-15/h7-10,15-16H,3-6,11-12H2,1-2H3. The maximum absolute atomic E-state index is 13.2. The third kappa shape index (κ3) is 2.96. The summed E-state index contributed by atoms with van der Waals surface area (Å²) in [4.78, 5) is 15.4. The Morgan fingerprint density at radius 2 is 1.57 bits per heavy atom. The number of nitrogens with zero attached hydrogens (tertiary/aromatic N) is 1. The Kier molecular flexibility index (Phi) is 4.00. The molecule has 2 aliphatic rings. The lowest BCUT2D eigenvalue weighted by Gasteiger charge is -2.36. The number of carbonyl (C=O) groups is 1. The fourth-order valence-corrected chi connectivity index (χ4v) is 3.60. The van der Waals surface area contributed by atoms with Gasteiger partial charge in [-0.1, -0.05) is 36.6 Å². The first-order valence-corrected chi connectivity index (χ1v) is 8.47. The summed E-state index contributed by atoms with van der Waals surface area (Å²) >= 11 is 5.97. The molecular weight excluding hydrogens is 282 g/mol. The molecule has 2 saturated carbocycles. The second-order valence-corrected chi connectivity index (χ2v) is 7.45. The lowest BCUT2D eigenvalue weighted by Crippen LogP contribution is -2.49. The lowest BCUT2D eigenvalue weighted by atomic mass is 9.82. The molecule has 3 heteroatoms. The molecule has 0 N–H and O–H groups in total. The van der Waals surface area contributed by atoms with Crippen molar-refractivity contribution in [3.63, 3.8) is 0 Å². The van der Waals surface area contributed by atoms with Crippen molar-refractivity contribution in [2.24, 2.45) is 0 Å². The molecule has 0 unspecified atom stereocenters. The summed E-state index contributed by atoms with van der Waals surface area (Å²) in [5, 5.41) is 0.719. The van der Waals surface area contributed by atoms with Gasteiger partial charge in [0.05, 0.1) is 5.41 Å². The van der Waals surface area contributed by atoms with E-state index in [1.165, 1.54) is 38.5 Å². The highest BCUT2D eigenvalue weighted by molar-refractivity contribution is 6.30. The Morgan fingerprint density at radius 1 is 1.05 bits per heavy atom. The van der Waals surface area contributed by atoms with Crippen LogP contribution in [0.2, 0.25) is 5.02 Å². The molecule has 0 atom stereocenters. The molecule has 0 bridgehead atoms. The van der Waals surface area contributed by atoms with Crippen LogP contribution >= 0.6 is 11.6 Å². The molecule has 0 radical (unpaired) electrons. The third-order valence-electron chi connectivity index (χ3n) is 4.99. The van der Waals surface area contributed by atoms with Crippen LogP contribution in [0.25, 0.3) is 0 Å². The minimum atomic E-state index is -0.476. The fraction of sp³-hybridized carbons (Fsp3) is 0.611. The van der Waals surface area contributed by atoms with Gasteiger partial charge in [0, 0.05) is 17.1 Å². The van der Waals surface area contributed by atoms with Crippen LogP contribution in [0.15, 0.2) is 24.3 Å². The maximum atomic E-state index is 13.2. The van der Waals surface area contributed by atoms with E-state index >= 15 is 0 Å². The van der Waals surface area contributed by atoms with Gasteiger partial charge in [-0.3, -0.25) is 4.79 Å². The third-order valence-corrected chi connectivity index (χ3v) is 5.25. The van der Waals surface area contributed by atoms with Gasteiger partial charge >= 0.3 is 0 Å². The van der Waals surface area contributed by atoms with Crippen molar-refractivity contribution in [3.05, 3.63) is 34.9 Å². The number of amides is 1. The van der Waals surface area contributed by atoms with E-state index in [1.54, 1.807) is 0 Å². The number of hydrogen-bond donors (Lipinski definition) is 0. The SMILES string of the molecule is CC(C)(C(=O)N(C1CCCC1)C1CC1)c1ccc(Cl)cc1. The molecular formula is C18H24ClNO. The van der Waals surface area contributed by atoms with Gasteiger partial charge in [0.1, 0.15) is 0 Å². The van der Waals surface area contributed by atoms with Crippen LogP contribution < -0.4 is 0 Å². The van der Waals surface area contributed by atoms with Gasteiger partial charge in [0.25, 0.3) is 0 Å². The van der Waals surface area contributed by atoms with Crippen LogP contribution in [0.4, 0.5) is 0 Å². The van der Waals surface area contributed by atoms with Crippen molar-refractivity contribution in [2.75, 3.05) is 0 Å². The average molecular weight is 306 g/mol. The van der Waals surface area contributed by atoms with Crippen molar-refractivity contribution in [1.29, 1.82) is 0 Å². The topological polar surface area (TPSA) is 20.3 Å². The van der Waals surface area contributed by atoms with Gasteiger partial charge in [-0.05, 0) is 57.2 Å². The molecule has 2 nitrogen and oxygen atoms in total. The smallest absolute Gasteiger partial charge is 0.233 e. The predicted molar refractivity (Wildman–Crippen MR) is 86.6 cm³/mol. The molecule has 0 heterocycles. The second kappa shape index (κ2) is 5.64. The van der Waals surface area contributed by atoms with Gasteiger partial charge in [0.2, 0.25) is 5.91 Å². The van der Waals surface area contributed by atoms with Crippen molar-refractivity contribution in [3.8, 4) is 0 Å². The number of halogens is 1. The molecule has 114 valence electrons. The highest BCUT2D eigenvalue weighted by atomic mass is 35.5. The predicted octanol–water partition coefficient (Wildman–Crippen LogP) is 4.55. The van der Waals surface area contributed by atoms with Crippen molar-refractivity contribution < 1.29 is 4.79 Å². The average Bonchev–Trinajstić information content (AvgIpc) is 3.14. The monoisotopic (exact) mass is 305 g/mol. The summed E-state index contributed by atoms with van der Waals surface area (Å²) in [7, 11) is 0. The number of hydrogen-bond acceptors (Lipinski definition) is 1. The molecule has 0 saturated heterocycles. The van der Waals surface area contributed by atoms with Crippen LogP contribution in [-0.2, 0) is 10.2 Å². The molecule has 2 aliphatic carbocycles. The van der Waals surface area contributed by atoms with Gasteiger partial charge in [-0.2, -0.15) is 0 Å².